The lowest BCUT2D eigenvalue weighted by Gasteiger charge is -2.11. The first kappa shape index (κ1) is 12.6. The van der Waals surface area contributed by atoms with Crippen LogP contribution in [0.5, 0.6) is 5.75 Å². The van der Waals surface area contributed by atoms with Crippen LogP contribution in [0.25, 0.3) is 0 Å². The Morgan fingerprint density at radius 3 is 2.88 bits per heavy atom. The van der Waals surface area contributed by atoms with Crippen LogP contribution in [0, 0.1) is 6.92 Å². The zero-order valence-electron chi connectivity index (χ0n) is 9.44. The SMILES string of the molecule is Cc1cccc(CO)c1OCc1cc(Br)cs1. The number of hydrogen-bond acceptors (Lipinski definition) is 3. The van der Waals surface area contributed by atoms with E-state index in [0.29, 0.717) is 6.61 Å². The van der Waals surface area contributed by atoms with Gasteiger partial charge < -0.3 is 9.84 Å². The molecule has 0 radical (unpaired) electrons. The molecule has 0 saturated carbocycles. The molecule has 17 heavy (non-hydrogen) atoms. The molecular weight excluding hydrogens is 300 g/mol. The average molecular weight is 313 g/mol. The fraction of sp³-hybridized carbons (Fsp3) is 0.231. The molecule has 1 aromatic carbocycles. The number of aliphatic hydroxyl groups is 1. The molecule has 0 spiro atoms. The van der Waals surface area contributed by atoms with Crippen molar-refractivity contribution >= 4 is 27.3 Å². The quantitative estimate of drug-likeness (QED) is 0.928. The maximum atomic E-state index is 9.26. The lowest BCUT2D eigenvalue weighted by Crippen LogP contribution is -1.99. The Balaban J connectivity index is 2.13. The van der Waals surface area contributed by atoms with E-state index in [9.17, 15) is 5.11 Å². The van der Waals surface area contributed by atoms with Crippen LogP contribution >= 0.6 is 27.3 Å². The molecule has 0 bridgehead atoms. The zero-order chi connectivity index (χ0) is 12.3. The Morgan fingerprint density at radius 2 is 2.24 bits per heavy atom. The van der Waals surface area contributed by atoms with Crippen molar-refractivity contribution in [1.82, 2.24) is 0 Å². The fourth-order valence-corrected chi connectivity index (χ4v) is 2.98. The predicted octanol–water partition coefficient (Wildman–Crippen LogP) is 3.89. The third-order valence-electron chi connectivity index (χ3n) is 2.44. The van der Waals surface area contributed by atoms with Gasteiger partial charge in [-0.1, -0.05) is 18.2 Å². The largest absolute Gasteiger partial charge is 0.487 e. The van der Waals surface area contributed by atoms with Crippen molar-refractivity contribution in [3.63, 3.8) is 0 Å². The van der Waals surface area contributed by atoms with Crippen LogP contribution in [0.4, 0.5) is 0 Å². The summed E-state index contributed by atoms with van der Waals surface area (Å²) in [5, 5.41) is 11.3. The van der Waals surface area contributed by atoms with E-state index in [2.05, 4.69) is 15.9 Å². The maximum Gasteiger partial charge on any atom is 0.128 e. The minimum Gasteiger partial charge on any atom is -0.487 e. The zero-order valence-corrected chi connectivity index (χ0v) is 11.8. The molecule has 0 aliphatic heterocycles. The molecule has 0 aliphatic rings. The first-order valence-corrected chi connectivity index (χ1v) is 6.93. The summed E-state index contributed by atoms with van der Waals surface area (Å²) in [4.78, 5) is 1.16. The van der Waals surface area contributed by atoms with E-state index in [0.717, 1.165) is 26.2 Å². The van der Waals surface area contributed by atoms with Crippen LogP contribution in [0.15, 0.2) is 34.1 Å². The number of aliphatic hydroxyl groups excluding tert-OH is 1. The molecule has 90 valence electrons. The molecule has 0 saturated heterocycles. The van der Waals surface area contributed by atoms with Gasteiger partial charge in [0.25, 0.3) is 0 Å². The minimum atomic E-state index is 0.00511. The third kappa shape index (κ3) is 3.09. The Kier molecular flexibility index (Phi) is 4.20. The van der Waals surface area contributed by atoms with Crippen LogP contribution in [0.2, 0.25) is 0 Å². The molecule has 2 nitrogen and oxygen atoms in total. The van der Waals surface area contributed by atoms with Crippen LogP contribution in [0.3, 0.4) is 0 Å². The van der Waals surface area contributed by atoms with Crippen molar-refractivity contribution < 1.29 is 9.84 Å². The van der Waals surface area contributed by atoms with E-state index in [-0.39, 0.29) is 6.61 Å². The van der Waals surface area contributed by atoms with Crippen molar-refractivity contribution in [3.8, 4) is 5.75 Å². The van der Waals surface area contributed by atoms with Gasteiger partial charge in [-0.3, -0.25) is 0 Å². The smallest absolute Gasteiger partial charge is 0.128 e. The highest BCUT2D eigenvalue weighted by Gasteiger charge is 2.07. The summed E-state index contributed by atoms with van der Waals surface area (Å²) >= 11 is 5.07. The summed E-state index contributed by atoms with van der Waals surface area (Å²) in [6.07, 6.45) is 0. The number of ether oxygens (including phenoxy) is 1. The third-order valence-corrected chi connectivity index (χ3v) is 4.12. The van der Waals surface area contributed by atoms with Crippen molar-refractivity contribution in [2.45, 2.75) is 20.1 Å². The summed E-state index contributed by atoms with van der Waals surface area (Å²) in [6.45, 7) is 2.53. The van der Waals surface area contributed by atoms with Gasteiger partial charge >= 0.3 is 0 Å². The second-order valence-electron chi connectivity index (χ2n) is 3.74. The number of benzene rings is 1. The lowest BCUT2D eigenvalue weighted by molar-refractivity contribution is 0.259. The molecule has 0 unspecified atom stereocenters. The number of para-hydroxylation sites is 1. The summed E-state index contributed by atoms with van der Waals surface area (Å²) in [7, 11) is 0. The van der Waals surface area contributed by atoms with Gasteiger partial charge in [-0.2, -0.15) is 0 Å². The van der Waals surface area contributed by atoms with E-state index in [1.54, 1.807) is 11.3 Å². The van der Waals surface area contributed by atoms with Crippen molar-refractivity contribution in [3.05, 3.63) is 50.1 Å². The van der Waals surface area contributed by atoms with Gasteiger partial charge in [-0.15, -0.1) is 11.3 Å². The van der Waals surface area contributed by atoms with E-state index in [4.69, 9.17) is 4.74 Å². The van der Waals surface area contributed by atoms with Gasteiger partial charge in [0, 0.05) is 20.3 Å². The van der Waals surface area contributed by atoms with Gasteiger partial charge in [-0.05, 0) is 34.5 Å². The van der Waals surface area contributed by atoms with E-state index in [1.807, 2.05) is 36.6 Å². The molecule has 0 aliphatic carbocycles. The molecule has 1 heterocycles. The van der Waals surface area contributed by atoms with E-state index in [1.165, 1.54) is 0 Å². The molecule has 0 atom stereocenters. The normalized spacial score (nSPS) is 10.5. The van der Waals surface area contributed by atoms with Crippen LogP contribution in [0.1, 0.15) is 16.0 Å². The summed E-state index contributed by atoms with van der Waals surface area (Å²) < 4.78 is 6.86. The Morgan fingerprint density at radius 1 is 1.41 bits per heavy atom. The maximum absolute atomic E-state index is 9.26. The van der Waals surface area contributed by atoms with Gasteiger partial charge in [0.2, 0.25) is 0 Å². The van der Waals surface area contributed by atoms with Gasteiger partial charge in [-0.25, -0.2) is 0 Å². The molecule has 1 N–H and O–H groups in total. The Bertz CT molecular complexity index is 508. The Labute approximate surface area is 113 Å². The lowest BCUT2D eigenvalue weighted by atomic mass is 10.1. The Hall–Kier alpha value is -0.840. The first-order valence-electron chi connectivity index (χ1n) is 5.25. The monoisotopic (exact) mass is 312 g/mol. The highest BCUT2D eigenvalue weighted by molar-refractivity contribution is 9.10. The molecule has 0 fully saturated rings. The van der Waals surface area contributed by atoms with E-state index >= 15 is 0 Å². The van der Waals surface area contributed by atoms with Gasteiger partial charge in [0.1, 0.15) is 12.4 Å². The van der Waals surface area contributed by atoms with Gasteiger partial charge in [0.05, 0.1) is 6.61 Å². The van der Waals surface area contributed by atoms with Crippen LogP contribution in [-0.2, 0) is 13.2 Å². The highest BCUT2D eigenvalue weighted by Crippen LogP contribution is 2.26. The topological polar surface area (TPSA) is 29.5 Å². The summed E-state index contributed by atoms with van der Waals surface area (Å²) in [6, 6.07) is 7.84. The first-order chi connectivity index (χ1) is 8.20. The molecule has 4 heteroatoms. The predicted molar refractivity (Wildman–Crippen MR) is 73.5 cm³/mol. The van der Waals surface area contributed by atoms with Gasteiger partial charge in [0.15, 0.2) is 0 Å². The highest BCUT2D eigenvalue weighted by atomic mass is 79.9. The number of aryl methyl sites for hydroxylation is 1. The minimum absolute atomic E-state index is 0.00511. The number of thiophene rings is 1. The van der Waals surface area contributed by atoms with Crippen LogP contribution < -0.4 is 4.74 Å². The number of halogens is 1. The summed E-state index contributed by atoms with van der Waals surface area (Å²) in [5.74, 6) is 0.791. The van der Waals surface area contributed by atoms with Crippen molar-refractivity contribution in [1.29, 1.82) is 0 Å². The van der Waals surface area contributed by atoms with Crippen LogP contribution in [-0.4, -0.2) is 5.11 Å². The molecular formula is C13H13BrO2S. The number of hydrogen-bond donors (Lipinski definition) is 1. The van der Waals surface area contributed by atoms with Crippen molar-refractivity contribution in [2.75, 3.05) is 0 Å². The molecule has 0 amide bonds. The molecule has 1 aromatic heterocycles. The second kappa shape index (κ2) is 5.67. The average Bonchev–Trinajstić information content (AvgIpc) is 2.73. The fourth-order valence-electron chi connectivity index (χ4n) is 1.62. The molecule has 2 aromatic rings. The standard InChI is InChI=1S/C13H13BrO2S/c1-9-3-2-4-10(6-15)13(9)16-7-12-5-11(14)8-17-12/h2-5,8,15H,6-7H2,1H3. The second-order valence-corrected chi connectivity index (χ2v) is 5.65. The van der Waals surface area contributed by atoms with Crippen molar-refractivity contribution in [2.24, 2.45) is 0 Å². The van der Waals surface area contributed by atoms with E-state index < -0.39 is 0 Å². The molecule has 2 rings (SSSR count). The number of rotatable bonds is 4. The summed E-state index contributed by atoms with van der Waals surface area (Å²) in [5.41, 5.74) is 1.88.